The number of rotatable bonds is 9. The molecule has 198 valence electrons. The quantitative estimate of drug-likeness (QED) is 0.222. The highest BCUT2D eigenvalue weighted by Crippen LogP contribution is 2.38. The average Bonchev–Trinajstić information content (AvgIpc) is 3.22. The zero-order chi connectivity index (χ0) is 26.5. The molecule has 2 bridgehead atoms. The third-order valence-corrected chi connectivity index (χ3v) is 8.61. The van der Waals surface area contributed by atoms with Crippen molar-refractivity contribution < 1.29 is 19.1 Å². The summed E-state index contributed by atoms with van der Waals surface area (Å²) < 4.78 is 11.3. The second kappa shape index (κ2) is 12.1. The number of esters is 1. The lowest BCUT2D eigenvalue weighted by Crippen LogP contribution is -2.49. The van der Waals surface area contributed by atoms with E-state index in [0.29, 0.717) is 12.2 Å². The molecule has 0 radical (unpaired) electrons. The fourth-order valence-electron chi connectivity index (χ4n) is 5.51. The normalized spacial score (nSPS) is 20.3. The molecular formula is C32H35NO4S. The molecule has 0 aliphatic carbocycles. The number of fused-ring (bicyclic) bond motifs is 2. The first kappa shape index (κ1) is 26.4. The van der Waals surface area contributed by atoms with E-state index in [1.165, 1.54) is 16.0 Å². The molecule has 0 N–H and O–H groups in total. The largest absolute Gasteiger partial charge is 0.490 e. The molecular weight excluding hydrogens is 494 g/mol. The molecule has 2 aliphatic heterocycles. The van der Waals surface area contributed by atoms with Crippen LogP contribution in [-0.4, -0.2) is 41.6 Å². The Labute approximate surface area is 229 Å². The number of amides is 1. The third kappa shape index (κ3) is 6.07. The van der Waals surface area contributed by atoms with E-state index < -0.39 is 0 Å². The number of hydrogen-bond donors (Lipinski definition) is 0. The summed E-state index contributed by atoms with van der Waals surface area (Å²) in [6, 6.07) is 24.4. The molecule has 2 heterocycles. The average molecular weight is 530 g/mol. The highest BCUT2D eigenvalue weighted by Gasteiger charge is 2.44. The third-order valence-electron chi connectivity index (χ3n) is 7.53. The van der Waals surface area contributed by atoms with Crippen molar-refractivity contribution in [3.8, 4) is 5.75 Å². The van der Waals surface area contributed by atoms with Gasteiger partial charge in [-0.3, -0.25) is 4.79 Å². The first-order chi connectivity index (χ1) is 18.5. The van der Waals surface area contributed by atoms with E-state index in [9.17, 15) is 9.59 Å². The van der Waals surface area contributed by atoms with E-state index in [2.05, 4.69) is 48.2 Å². The Morgan fingerprint density at radius 3 is 2.03 bits per heavy atom. The van der Waals surface area contributed by atoms with Gasteiger partial charge in [0.1, 0.15) is 11.9 Å². The molecule has 5 rings (SSSR count). The molecule has 3 aromatic rings. The molecule has 0 saturated carbocycles. The second-order valence-corrected chi connectivity index (χ2v) is 11.1. The Morgan fingerprint density at radius 1 is 0.816 bits per heavy atom. The number of piperidine rings is 1. The Hall–Kier alpha value is -3.25. The lowest BCUT2D eigenvalue weighted by Gasteiger charge is -2.39. The summed E-state index contributed by atoms with van der Waals surface area (Å²) in [6.45, 7) is 4.32. The maximum atomic E-state index is 13.5. The SMILES string of the molecule is CCOC(=O)c1ccc(OC2CC3CCC(C2)N3C(=O)c2ccc(CSc3ccc(CC)cc3)cc2)cc1. The van der Waals surface area contributed by atoms with Gasteiger partial charge < -0.3 is 14.4 Å². The van der Waals surface area contributed by atoms with Gasteiger partial charge in [0, 0.05) is 41.1 Å². The van der Waals surface area contributed by atoms with Crippen molar-refractivity contribution >= 4 is 23.6 Å². The first-order valence-electron chi connectivity index (χ1n) is 13.6. The van der Waals surface area contributed by atoms with Crippen LogP contribution in [0, 0.1) is 0 Å². The minimum absolute atomic E-state index is 0.0655. The zero-order valence-electron chi connectivity index (χ0n) is 22.1. The van der Waals surface area contributed by atoms with Gasteiger partial charge in [-0.25, -0.2) is 4.79 Å². The smallest absolute Gasteiger partial charge is 0.338 e. The molecule has 6 heteroatoms. The van der Waals surface area contributed by atoms with Crippen LogP contribution in [0.4, 0.5) is 0 Å². The summed E-state index contributed by atoms with van der Waals surface area (Å²) in [5.41, 5.74) is 3.86. The second-order valence-electron chi connectivity index (χ2n) is 10.0. The Kier molecular flexibility index (Phi) is 8.38. The number of thioether (sulfide) groups is 1. The van der Waals surface area contributed by atoms with Gasteiger partial charge in [-0.2, -0.15) is 0 Å². The van der Waals surface area contributed by atoms with Crippen LogP contribution in [0.15, 0.2) is 77.7 Å². The van der Waals surface area contributed by atoms with E-state index in [4.69, 9.17) is 9.47 Å². The van der Waals surface area contributed by atoms with Crippen molar-refractivity contribution in [2.24, 2.45) is 0 Å². The van der Waals surface area contributed by atoms with Crippen molar-refractivity contribution in [1.29, 1.82) is 0 Å². The Morgan fingerprint density at radius 2 is 1.42 bits per heavy atom. The standard InChI is InChI=1S/C32H35NO4S/c1-3-22-7-17-30(18-8-22)38-21-23-5-9-24(10-6-23)31(34)33-26-13-14-27(33)20-29(19-26)37-28-15-11-25(12-16-28)32(35)36-4-2/h5-12,15-18,26-27,29H,3-4,13-14,19-21H2,1-2H3. The molecule has 38 heavy (non-hydrogen) atoms. The van der Waals surface area contributed by atoms with E-state index in [1.54, 1.807) is 19.1 Å². The predicted molar refractivity (Wildman–Crippen MR) is 151 cm³/mol. The zero-order valence-corrected chi connectivity index (χ0v) is 22.9. The van der Waals surface area contributed by atoms with Crippen LogP contribution in [0.1, 0.15) is 71.4 Å². The minimum atomic E-state index is -0.322. The van der Waals surface area contributed by atoms with Crippen molar-refractivity contribution in [3.05, 3.63) is 95.1 Å². The predicted octanol–water partition coefficient (Wildman–Crippen LogP) is 6.93. The molecule has 2 saturated heterocycles. The minimum Gasteiger partial charge on any atom is -0.490 e. The van der Waals surface area contributed by atoms with Crippen LogP contribution in [0.3, 0.4) is 0 Å². The van der Waals surface area contributed by atoms with Gasteiger partial charge in [0.2, 0.25) is 0 Å². The van der Waals surface area contributed by atoms with Crippen LogP contribution >= 0.6 is 11.8 Å². The molecule has 0 aromatic heterocycles. The summed E-state index contributed by atoms with van der Waals surface area (Å²) in [6.07, 6.45) is 4.81. The molecule has 2 aliphatic rings. The van der Waals surface area contributed by atoms with Crippen LogP contribution < -0.4 is 4.74 Å². The van der Waals surface area contributed by atoms with Crippen LogP contribution in [0.25, 0.3) is 0 Å². The number of ether oxygens (including phenoxy) is 2. The number of carbonyl (C=O) groups is 2. The Balaban J connectivity index is 1.15. The molecule has 0 spiro atoms. The van der Waals surface area contributed by atoms with Crippen molar-refractivity contribution in [2.45, 2.75) is 74.8 Å². The van der Waals surface area contributed by atoms with Gasteiger partial charge in [0.25, 0.3) is 5.91 Å². The first-order valence-corrected chi connectivity index (χ1v) is 14.6. The van der Waals surface area contributed by atoms with Crippen molar-refractivity contribution in [2.75, 3.05) is 6.61 Å². The molecule has 5 nitrogen and oxygen atoms in total. The van der Waals surface area contributed by atoms with Gasteiger partial charge >= 0.3 is 5.97 Å². The van der Waals surface area contributed by atoms with E-state index in [-0.39, 0.29) is 30.1 Å². The number of carbonyl (C=O) groups excluding carboxylic acids is 2. The summed E-state index contributed by atoms with van der Waals surface area (Å²) >= 11 is 1.82. The number of hydrogen-bond acceptors (Lipinski definition) is 5. The van der Waals surface area contributed by atoms with Gasteiger partial charge in [-0.05, 0) is 85.8 Å². The lowest BCUT2D eigenvalue weighted by atomic mass is 9.98. The van der Waals surface area contributed by atoms with Gasteiger partial charge in [0.15, 0.2) is 0 Å². The molecule has 2 unspecified atom stereocenters. The van der Waals surface area contributed by atoms with Crippen molar-refractivity contribution in [3.63, 3.8) is 0 Å². The highest BCUT2D eigenvalue weighted by molar-refractivity contribution is 7.98. The molecule has 3 aromatic carbocycles. The fourth-order valence-corrected chi connectivity index (χ4v) is 6.37. The van der Waals surface area contributed by atoms with Crippen LogP contribution in [-0.2, 0) is 16.9 Å². The number of benzene rings is 3. The van der Waals surface area contributed by atoms with Gasteiger partial charge in [-0.15, -0.1) is 11.8 Å². The summed E-state index contributed by atoms with van der Waals surface area (Å²) in [5.74, 6) is 1.44. The van der Waals surface area contributed by atoms with Gasteiger partial charge in [0.05, 0.1) is 12.2 Å². The van der Waals surface area contributed by atoms with E-state index in [0.717, 1.165) is 49.2 Å². The summed E-state index contributed by atoms with van der Waals surface area (Å²) in [5, 5.41) is 0. The monoisotopic (exact) mass is 529 g/mol. The van der Waals surface area contributed by atoms with Gasteiger partial charge in [-0.1, -0.05) is 31.2 Å². The lowest BCUT2D eigenvalue weighted by molar-refractivity contribution is 0.0359. The van der Waals surface area contributed by atoms with Crippen molar-refractivity contribution in [1.82, 2.24) is 4.90 Å². The topological polar surface area (TPSA) is 55.8 Å². The maximum absolute atomic E-state index is 13.5. The molecule has 1 amide bonds. The van der Waals surface area contributed by atoms with Crippen LogP contribution in [0.5, 0.6) is 5.75 Å². The maximum Gasteiger partial charge on any atom is 0.338 e. The molecule has 2 fully saturated rings. The highest BCUT2D eigenvalue weighted by atomic mass is 32.2. The Bertz CT molecular complexity index is 1230. The van der Waals surface area contributed by atoms with E-state index >= 15 is 0 Å². The number of nitrogens with zero attached hydrogens (tertiary/aromatic N) is 1. The summed E-state index contributed by atoms with van der Waals surface area (Å²) in [4.78, 5) is 28.7. The fraction of sp³-hybridized carbons (Fsp3) is 0.375. The van der Waals surface area contributed by atoms with Crippen LogP contribution in [0.2, 0.25) is 0 Å². The summed E-state index contributed by atoms with van der Waals surface area (Å²) in [7, 11) is 0. The number of aryl methyl sites for hydroxylation is 1. The molecule has 2 atom stereocenters. The van der Waals surface area contributed by atoms with E-state index in [1.807, 2.05) is 36.0 Å².